The van der Waals surface area contributed by atoms with Crippen LogP contribution in [0.5, 0.6) is 0 Å². The number of pyridine rings is 1. The van der Waals surface area contributed by atoms with Crippen molar-refractivity contribution in [1.82, 2.24) is 20.3 Å². The van der Waals surface area contributed by atoms with Crippen LogP contribution in [0.25, 0.3) is 11.0 Å². The minimum absolute atomic E-state index is 0.0718. The van der Waals surface area contributed by atoms with E-state index in [4.69, 9.17) is 11.6 Å². The molecule has 138 valence electrons. The lowest BCUT2D eigenvalue weighted by molar-refractivity contribution is 0.0945. The largest absolute Gasteiger partial charge is 0.350 e. The fourth-order valence-corrected chi connectivity index (χ4v) is 3.46. The fourth-order valence-electron chi connectivity index (χ4n) is 3.33. The number of carbonyl (C=O) groups is 1. The van der Waals surface area contributed by atoms with Crippen LogP contribution in [0, 0.1) is 6.92 Å². The number of rotatable bonds is 4. The maximum absolute atomic E-state index is 12.6. The first kappa shape index (κ1) is 17.5. The van der Waals surface area contributed by atoms with Crippen molar-refractivity contribution in [2.75, 3.05) is 6.54 Å². The number of carbonyl (C=O) groups excluding carboxylic acids is 1. The Morgan fingerprint density at radius 3 is 2.59 bits per heavy atom. The number of fused-ring (bicyclic) bond motifs is 1. The average molecular weight is 385 g/mol. The van der Waals surface area contributed by atoms with Gasteiger partial charge in [-0.05, 0) is 49.1 Å². The molecule has 27 heavy (non-hydrogen) atoms. The van der Waals surface area contributed by atoms with E-state index >= 15 is 0 Å². The van der Waals surface area contributed by atoms with Gasteiger partial charge in [0.1, 0.15) is 11.3 Å². The molecule has 0 radical (unpaired) electrons. The molecule has 0 atom stereocenters. The zero-order valence-corrected chi connectivity index (χ0v) is 15.3. The summed E-state index contributed by atoms with van der Waals surface area (Å²) < 4.78 is 0. The highest BCUT2D eigenvalue weighted by Gasteiger charge is 2.44. The second-order valence-electron chi connectivity index (χ2n) is 6.93. The first-order chi connectivity index (χ1) is 12.9. The monoisotopic (exact) mass is 384 g/mol. The molecule has 0 bridgehead atoms. The molecule has 1 aromatic carbocycles. The van der Waals surface area contributed by atoms with Crippen LogP contribution in [0.3, 0.4) is 0 Å². The van der Waals surface area contributed by atoms with Gasteiger partial charge in [-0.1, -0.05) is 23.7 Å². The summed E-state index contributed by atoms with van der Waals surface area (Å²) in [5.74, 6) is -0.346. The summed E-state index contributed by atoms with van der Waals surface area (Å²) in [7, 11) is 0. The van der Waals surface area contributed by atoms with E-state index in [0.717, 1.165) is 18.4 Å². The quantitative estimate of drug-likeness (QED) is 0.639. The zero-order valence-electron chi connectivity index (χ0n) is 14.6. The summed E-state index contributed by atoms with van der Waals surface area (Å²) >= 11 is 5.95. The molecular weight excluding hydrogens is 368 g/mol. The van der Waals surface area contributed by atoms with Crippen molar-refractivity contribution in [3.05, 3.63) is 73.0 Å². The van der Waals surface area contributed by atoms with Gasteiger partial charge in [-0.3, -0.25) is 19.6 Å². The number of aromatic amines is 2. The second-order valence-corrected chi connectivity index (χ2v) is 7.36. The molecule has 0 saturated heterocycles. The topological polar surface area (TPSA) is 108 Å². The highest BCUT2D eigenvalue weighted by Crippen LogP contribution is 2.47. The van der Waals surface area contributed by atoms with Crippen LogP contribution in [-0.2, 0) is 5.41 Å². The van der Waals surface area contributed by atoms with Crippen LogP contribution >= 0.6 is 11.6 Å². The van der Waals surface area contributed by atoms with Crippen molar-refractivity contribution in [3.63, 3.8) is 0 Å². The summed E-state index contributed by atoms with van der Waals surface area (Å²) in [6, 6.07) is 9.21. The Morgan fingerprint density at radius 2 is 1.93 bits per heavy atom. The van der Waals surface area contributed by atoms with Crippen LogP contribution in [0.2, 0.25) is 5.02 Å². The maximum Gasteiger partial charge on any atom is 0.327 e. The number of halogens is 1. The number of nitrogens with zero attached hydrogens (tertiary/aromatic N) is 1. The molecule has 3 aromatic rings. The first-order valence-electron chi connectivity index (χ1n) is 8.56. The van der Waals surface area contributed by atoms with Crippen LogP contribution in [0.1, 0.15) is 34.5 Å². The van der Waals surface area contributed by atoms with E-state index < -0.39 is 11.2 Å². The second kappa shape index (κ2) is 6.35. The molecule has 1 aliphatic carbocycles. The average Bonchev–Trinajstić information content (AvgIpc) is 3.40. The van der Waals surface area contributed by atoms with Gasteiger partial charge in [-0.15, -0.1) is 0 Å². The van der Waals surface area contributed by atoms with Crippen LogP contribution < -0.4 is 16.6 Å². The number of amides is 1. The Labute approximate surface area is 158 Å². The van der Waals surface area contributed by atoms with E-state index in [1.165, 1.54) is 0 Å². The third-order valence-corrected chi connectivity index (χ3v) is 5.28. The third-order valence-electron chi connectivity index (χ3n) is 5.03. The van der Waals surface area contributed by atoms with Crippen LogP contribution in [0.4, 0.5) is 0 Å². The van der Waals surface area contributed by atoms with Gasteiger partial charge in [0.15, 0.2) is 0 Å². The summed E-state index contributed by atoms with van der Waals surface area (Å²) in [6.07, 6.45) is 1.98. The van der Waals surface area contributed by atoms with Gasteiger partial charge in [-0.2, -0.15) is 0 Å². The minimum Gasteiger partial charge on any atom is -0.350 e. The Balaban J connectivity index is 1.58. The molecular formula is C19H17ClN4O3. The van der Waals surface area contributed by atoms with Crippen LogP contribution in [0.15, 0.2) is 39.9 Å². The molecule has 2 heterocycles. The van der Waals surface area contributed by atoms with Gasteiger partial charge in [0.05, 0.1) is 5.39 Å². The van der Waals surface area contributed by atoms with Crippen molar-refractivity contribution < 1.29 is 4.79 Å². The van der Waals surface area contributed by atoms with E-state index in [1.807, 2.05) is 24.3 Å². The number of H-pyrrole nitrogens is 2. The SMILES string of the molecule is Cc1cc(C(=O)NCC2(c3ccc(Cl)cc3)CC2)nc2[nH]c(=O)[nH]c(=O)c12. The highest BCUT2D eigenvalue weighted by molar-refractivity contribution is 6.30. The molecule has 1 amide bonds. The molecule has 7 nitrogen and oxygen atoms in total. The van der Waals surface area contributed by atoms with Gasteiger partial charge in [-0.25, -0.2) is 9.78 Å². The summed E-state index contributed by atoms with van der Waals surface area (Å²) in [5, 5.41) is 3.87. The molecule has 3 N–H and O–H groups in total. The Kier molecular flexibility index (Phi) is 4.11. The predicted octanol–water partition coefficient (Wildman–Crippen LogP) is 2.03. The summed E-state index contributed by atoms with van der Waals surface area (Å²) in [5.41, 5.74) is 0.729. The molecule has 1 aliphatic rings. The van der Waals surface area contributed by atoms with Crippen molar-refractivity contribution in [3.8, 4) is 0 Å². The zero-order chi connectivity index (χ0) is 19.2. The highest BCUT2D eigenvalue weighted by atomic mass is 35.5. The molecule has 1 fully saturated rings. The van der Waals surface area contributed by atoms with E-state index in [1.54, 1.807) is 13.0 Å². The van der Waals surface area contributed by atoms with Crippen molar-refractivity contribution in [1.29, 1.82) is 0 Å². The number of aryl methyl sites for hydroxylation is 1. The van der Waals surface area contributed by atoms with E-state index in [9.17, 15) is 14.4 Å². The predicted molar refractivity (Wildman–Crippen MR) is 102 cm³/mol. The molecule has 2 aromatic heterocycles. The number of nitrogens with one attached hydrogen (secondary N) is 3. The minimum atomic E-state index is -0.656. The lowest BCUT2D eigenvalue weighted by Crippen LogP contribution is -2.33. The molecule has 8 heteroatoms. The molecule has 0 aliphatic heterocycles. The Morgan fingerprint density at radius 1 is 1.22 bits per heavy atom. The van der Waals surface area contributed by atoms with E-state index in [0.29, 0.717) is 17.1 Å². The number of hydrogen-bond acceptors (Lipinski definition) is 4. The standard InChI is InChI=1S/C19H17ClN4O3/c1-10-8-13(22-15-14(10)17(26)24-18(27)23-15)16(25)21-9-19(6-7-19)11-2-4-12(20)5-3-11/h2-5,8H,6-7,9H2,1H3,(H,21,25)(H2,22,23,24,26,27). The molecule has 4 rings (SSSR count). The van der Waals surface area contributed by atoms with E-state index in [2.05, 4.69) is 20.3 Å². The van der Waals surface area contributed by atoms with Crippen LogP contribution in [-0.4, -0.2) is 27.4 Å². The maximum atomic E-state index is 12.6. The molecule has 0 unspecified atom stereocenters. The summed E-state index contributed by atoms with van der Waals surface area (Å²) in [4.78, 5) is 44.8. The third kappa shape index (κ3) is 3.26. The lowest BCUT2D eigenvalue weighted by Gasteiger charge is -2.17. The van der Waals surface area contributed by atoms with Gasteiger partial charge in [0.25, 0.3) is 11.5 Å². The van der Waals surface area contributed by atoms with E-state index in [-0.39, 0.29) is 28.0 Å². The number of aromatic nitrogens is 3. The van der Waals surface area contributed by atoms with Gasteiger partial charge >= 0.3 is 5.69 Å². The van der Waals surface area contributed by atoms with Gasteiger partial charge < -0.3 is 5.32 Å². The normalized spacial score (nSPS) is 14.9. The fraction of sp³-hybridized carbons (Fsp3) is 0.263. The van der Waals surface area contributed by atoms with Gasteiger partial charge in [0.2, 0.25) is 0 Å². The number of hydrogen-bond donors (Lipinski definition) is 3. The van der Waals surface area contributed by atoms with Crippen molar-refractivity contribution in [2.45, 2.75) is 25.2 Å². The summed E-state index contributed by atoms with van der Waals surface area (Å²) in [6.45, 7) is 2.18. The lowest BCUT2D eigenvalue weighted by atomic mass is 9.96. The Bertz CT molecular complexity index is 1160. The smallest absolute Gasteiger partial charge is 0.327 e. The molecule has 0 spiro atoms. The molecule has 1 saturated carbocycles. The van der Waals surface area contributed by atoms with Crippen molar-refractivity contribution >= 4 is 28.5 Å². The number of benzene rings is 1. The first-order valence-corrected chi connectivity index (χ1v) is 8.94. The van der Waals surface area contributed by atoms with Crippen molar-refractivity contribution in [2.24, 2.45) is 0 Å². The van der Waals surface area contributed by atoms with Gasteiger partial charge in [0, 0.05) is 17.0 Å². The Hall–Kier alpha value is -2.93.